The molecule has 1 unspecified atom stereocenters. The van der Waals surface area contributed by atoms with Crippen LogP contribution in [0, 0.1) is 11.3 Å². The molecule has 1 aromatic heterocycles. The topological polar surface area (TPSA) is 61.1 Å². The van der Waals surface area contributed by atoms with Gasteiger partial charge in [-0.2, -0.15) is 10.4 Å². The van der Waals surface area contributed by atoms with Crippen molar-refractivity contribution in [2.24, 2.45) is 5.10 Å². The summed E-state index contributed by atoms with van der Waals surface area (Å²) in [7, 11) is 0. The zero-order chi connectivity index (χ0) is 13.9. The molecular weight excluding hydrogens is 272 g/mol. The number of nitriles is 1. The first-order valence-corrected chi connectivity index (χ1v) is 6.58. The van der Waals surface area contributed by atoms with Gasteiger partial charge < -0.3 is 5.43 Å². The van der Waals surface area contributed by atoms with Crippen molar-refractivity contribution in [1.29, 1.82) is 5.26 Å². The lowest BCUT2D eigenvalue weighted by molar-refractivity contribution is 0.750. The third kappa shape index (κ3) is 2.36. The van der Waals surface area contributed by atoms with Crippen LogP contribution in [0.3, 0.4) is 0 Å². The van der Waals surface area contributed by atoms with Crippen molar-refractivity contribution in [2.75, 3.05) is 6.54 Å². The molecule has 1 aliphatic heterocycles. The molecular formula is C15H11ClN4. The zero-order valence-electron chi connectivity index (χ0n) is 10.5. The molecule has 4 nitrogen and oxygen atoms in total. The van der Waals surface area contributed by atoms with E-state index in [0.717, 1.165) is 17.0 Å². The van der Waals surface area contributed by atoms with Gasteiger partial charge >= 0.3 is 0 Å². The summed E-state index contributed by atoms with van der Waals surface area (Å²) in [6.45, 7) is 0.705. The fourth-order valence-electron chi connectivity index (χ4n) is 2.21. The Bertz CT molecular complexity index is 683. The van der Waals surface area contributed by atoms with E-state index in [4.69, 9.17) is 16.9 Å². The standard InChI is InChI=1S/C15H11ClN4/c16-12-4-2-11(3-5-12)15-13(9-19-20-15)14-6-1-10(7-17)8-18-14/h1-6,8,13,19H,9H2. The summed E-state index contributed by atoms with van der Waals surface area (Å²) in [6.07, 6.45) is 1.59. The van der Waals surface area contributed by atoms with E-state index in [1.165, 1.54) is 0 Å². The maximum absolute atomic E-state index is 8.81. The molecule has 0 radical (unpaired) electrons. The van der Waals surface area contributed by atoms with Gasteiger partial charge in [0.15, 0.2) is 0 Å². The lowest BCUT2D eigenvalue weighted by Crippen LogP contribution is -2.15. The van der Waals surface area contributed by atoms with Crippen LogP contribution in [0.4, 0.5) is 0 Å². The lowest BCUT2D eigenvalue weighted by atomic mass is 9.94. The highest BCUT2D eigenvalue weighted by molar-refractivity contribution is 6.30. The number of nitrogens with zero attached hydrogens (tertiary/aromatic N) is 3. The number of nitrogens with one attached hydrogen (secondary N) is 1. The van der Waals surface area contributed by atoms with Crippen molar-refractivity contribution in [3.05, 3.63) is 64.4 Å². The van der Waals surface area contributed by atoms with Gasteiger partial charge in [0, 0.05) is 17.8 Å². The first-order valence-electron chi connectivity index (χ1n) is 6.20. The van der Waals surface area contributed by atoms with Gasteiger partial charge in [0.25, 0.3) is 0 Å². The van der Waals surface area contributed by atoms with Crippen LogP contribution >= 0.6 is 11.6 Å². The van der Waals surface area contributed by atoms with Crippen LogP contribution in [0.2, 0.25) is 5.02 Å². The van der Waals surface area contributed by atoms with E-state index in [9.17, 15) is 0 Å². The molecule has 20 heavy (non-hydrogen) atoms. The van der Waals surface area contributed by atoms with Crippen molar-refractivity contribution < 1.29 is 0 Å². The number of halogens is 1. The fourth-order valence-corrected chi connectivity index (χ4v) is 2.33. The largest absolute Gasteiger partial charge is 0.309 e. The van der Waals surface area contributed by atoms with Crippen molar-refractivity contribution >= 4 is 17.3 Å². The second kappa shape index (κ2) is 5.32. The molecule has 0 aliphatic carbocycles. The lowest BCUT2D eigenvalue weighted by Gasteiger charge is -2.11. The number of benzene rings is 1. The second-order valence-corrected chi connectivity index (χ2v) is 4.94. The molecule has 98 valence electrons. The molecule has 0 bridgehead atoms. The summed E-state index contributed by atoms with van der Waals surface area (Å²) in [4.78, 5) is 4.36. The SMILES string of the molecule is N#Cc1ccc(C2CNN=C2c2ccc(Cl)cc2)nc1. The van der Waals surface area contributed by atoms with Gasteiger partial charge in [-0.15, -0.1) is 0 Å². The van der Waals surface area contributed by atoms with Crippen LogP contribution in [-0.2, 0) is 0 Å². The summed E-state index contributed by atoms with van der Waals surface area (Å²) in [5.41, 5.74) is 6.44. The molecule has 0 saturated carbocycles. The predicted molar refractivity (Wildman–Crippen MR) is 77.7 cm³/mol. The number of aromatic nitrogens is 1. The Kier molecular flexibility index (Phi) is 3.36. The Morgan fingerprint density at radius 2 is 2.00 bits per heavy atom. The molecule has 0 fully saturated rings. The molecule has 3 rings (SSSR count). The summed E-state index contributed by atoms with van der Waals surface area (Å²) < 4.78 is 0. The van der Waals surface area contributed by atoms with Crippen molar-refractivity contribution in [3.8, 4) is 6.07 Å². The monoisotopic (exact) mass is 282 g/mol. The maximum Gasteiger partial charge on any atom is 0.101 e. The normalized spacial score (nSPS) is 17.2. The van der Waals surface area contributed by atoms with E-state index in [2.05, 4.69) is 21.6 Å². The van der Waals surface area contributed by atoms with Crippen LogP contribution in [0.25, 0.3) is 0 Å². The van der Waals surface area contributed by atoms with Gasteiger partial charge in [-0.3, -0.25) is 4.98 Å². The minimum absolute atomic E-state index is 0.0870. The zero-order valence-corrected chi connectivity index (χ0v) is 11.3. The summed E-state index contributed by atoms with van der Waals surface area (Å²) in [6, 6.07) is 13.3. The molecule has 5 heteroatoms. The van der Waals surface area contributed by atoms with Crippen LogP contribution in [-0.4, -0.2) is 17.2 Å². The van der Waals surface area contributed by atoms with E-state index >= 15 is 0 Å². The van der Waals surface area contributed by atoms with E-state index in [-0.39, 0.29) is 5.92 Å². The molecule has 1 atom stereocenters. The average molecular weight is 283 g/mol. The van der Waals surface area contributed by atoms with Crippen LogP contribution in [0.5, 0.6) is 0 Å². The average Bonchev–Trinajstić information content (AvgIpc) is 2.97. The van der Waals surface area contributed by atoms with Gasteiger partial charge in [0.05, 0.1) is 22.9 Å². The quantitative estimate of drug-likeness (QED) is 0.921. The molecule has 2 heterocycles. The summed E-state index contributed by atoms with van der Waals surface area (Å²) in [5, 5.41) is 13.9. The smallest absolute Gasteiger partial charge is 0.101 e. The Morgan fingerprint density at radius 3 is 2.65 bits per heavy atom. The van der Waals surface area contributed by atoms with Gasteiger partial charge in [-0.25, -0.2) is 0 Å². The minimum atomic E-state index is 0.0870. The highest BCUT2D eigenvalue weighted by atomic mass is 35.5. The van der Waals surface area contributed by atoms with Crippen molar-refractivity contribution in [3.63, 3.8) is 0 Å². The Balaban J connectivity index is 1.92. The summed E-state index contributed by atoms with van der Waals surface area (Å²) >= 11 is 5.91. The highest BCUT2D eigenvalue weighted by Gasteiger charge is 2.25. The Hall–Kier alpha value is -2.38. The van der Waals surface area contributed by atoms with Crippen molar-refractivity contribution in [1.82, 2.24) is 10.4 Å². The number of pyridine rings is 1. The first kappa shape index (κ1) is 12.6. The van der Waals surface area contributed by atoms with E-state index in [1.54, 1.807) is 12.3 Å². The van der Waals surface area contributed by atoms with Gasteiger partial charge in [-0.05, 0) is 29.8 Å². The van der Waals surface area contributed by atoms with Crippen LogP contribution in [0.15, 0.2) is 47.7 Å². The first-order chi connectivity index (χ1) is 9.78. The molecule has 0 saturated heterocycles. The minimum Gasteiger partial charge on any atom is -0.309 e. The number of rotatable bonds is 2. The van der Waals surface area contributed by atoms with Crippen LogP contribution in [0.1, 0.15) is 22.7 Å². The molecule has 1 aliphatic rings. The van der Waals surface area contributed by atoms with Crippen LogP contribution < -0.4 is 5.43 Å². The van der Waals surface area contributed by atoms with E-state index in [0.29, 0.717) is 17.1 Å². The van der Waals surface area contributed by atoms with E-state index in [1.807, 2.05) is 30.3 Å². The number of hydrazone groups is 1. The summed E-state index contributed by atoms with van der Waals surface area (Å²) in [5.74, 6) is 0.0870. The third-order valence-corrected chi connectivity index (χ3v) is 3.49. The van der Waals surface area contributed by atoms with Gasteiger partial charge in [0.2, 0.25) is 0 Å². The van der Waals surface area contributed by atoms with Crippen molar-refractivity contribution in [2.45, 2.75) is 5.92 Å². The Labute approximate surface area is 121 Å². The molecule has 1 N–H and O–H groups in total. The Morgan fingerprint density at radius 1 is 1.20 bits per heavy atom. The van der Waals surface area contributed by atoms with E-state index < -0.39 is 0 Å². The number of hydrogen-bond donors (Lipinski definition) is 1. The van der Waals surface area contributed by atoms with Gasteiger partial charge in [0.1, 0.15) is 6.07 Å². The second-order valence-electron chi connectivity index (χ2n) is 4.50. The molecule has 1 aromatic carbocycles. The highest BCUT2D eigenvalue weighted by Crippen LogP contribution is 2.24. The molecule has 0 spiro atoms. The maximum atomic E-state index is 8.81. The fraction of sp³-hybridized carbons (Fsp3) is 0.133. The molecule has 0 amide bonds. The van der Waals surface area contributed by atoms with Gasteiger partial charge in [-0.1, -0.05) is 23.7 Å². The third-order valence-electron chi connectivity index (χ3n) is 3.24. The predicted octanol–water partition coefficient (Wildman–Crippen LogP) is 2.70. The number of hydrogen-bond acceptors (Lipinski definition) is 4. The molecule has 2 aromatic rings.